The predicted molar refractivity (Wildman–Crippen MR) is 115 cm³/mol. The third-order valence-corrected chi connectivity index (χ3v) is 5.91. The molecule has 0 radical (unpaired) electrons. The molecular weight excluding hydrogens is 366 g/mol. The van der Waals surface area contributed by atoms with Crippen LogP contribution in [0.4, 0.5) is 11.6 Å². The number of hydrogen-bond acceptors (Lipinski definition) is 3. The van der Waals surface area contributed by atoms with E-state index in [1.54, 1.807) is 0 Å². The molecule has 3 aromatic carbocycles. The Bertz CT molecular complexity index is 1090. The normalized spacial score (nSPS) is 11.9. The molecule has 1 aromatic heterocycles. The van der Waals surface area contributed by atoms with Gasteiger partial charge in [-0.25, -0.2) is 4.21 Å². The van der Waals surface area contributed by atoms with Gasteiger partial charge < -0.3 is 9.32 Å². The summed E-state index contributed by atoms with van der Waals surface area (Å²) in [6, 6.07) is 29.6. The zero-order valence-electron chi connectivity index (χ0n) is 15.8. The third-order valence-electron chi connectivity index (χ3n) is 4.64. The Morgan fingerprint density at radius 3 is 2.07 bits per heavy atom. The molecule has 0 saturated carbocycles. The molecule has 28 heavy (non-hydrogen) atoms. The van der Waals surface area contributed by atoms with Crippen molar-refractivity contribution in [2.45, 2.75) is 16.9 Å². The maximum atomic E-state index is 13.1. The lowest BCUT2D eigenvalue weighted by Gasteiger charge is -2.18. The zero-order valence-corrected chi connectivity index (χ0v) is 16.6. The summed E-state index contributed by atoms with van der Waals surface area (Å²) >= 11 is 0. The van der Waals surface area contributed by atoms with E-state index in [0.29, 0.717) is 11.0 Å². The number of nitrogens with zero attached hydrogens (tertiary/aromatic N) is 1. The van der Waals surface area contributed by atoms with E-state index in [1.165, 1.54) is 0 Å². The smallest absolute Gasteiger partial charge is 0.209 e. The lowest BCUT2D eigenvalue weighted by Crippen LogP contribution is -2.09. The molecule has 4 heteroatoms. The van der Waals surface area contributed by atoms with E-state index < -0.39 is 10.8 Å². The second-order valence-corrected chi connectivity index (χ2v) is 8.04. The first-order valence-corrected chi connectivity index (χ1v) is 10.2. The van der Waals surface area contributed by atoms with Crippen molar-refractivity contribution in [3.63, 3.8) is 0 Å². The van der Waals surface area contributed by atoms with E-state index in [0.717, 1.165) is 27.3 Å². The highest BCUT2D eigenvalue weighted by atomic mass is 32.2. The molecule has 4 aromatic rings. The summed E-state index contributed by atoms with van der Waals surface area (Å²) in [5.41, 5.74) is 4.08. The van der Waals surface area contributed by atoms with Crippen LogP contribution in [-0.2, 0) is 10.8 Å². The van der Waals surface area contributed by atoms with Crippen molar-refractivity contribution in [3.05, 3.63) is 96.6 Å². The molecule has 1 unspecified atom stereocenters. The standard InChI is InChI=1S/C24H21NO2S/c1-18-13-15-21(16-14-18)28(26)23-17-22(19-9-5-3-6-10-19)24(27-23)25(2)20-11-7-4-8-12-20/h3-17H,1-2H3. The van der Waals surface area contributed by atoms with Gasteiger partial charge in [-0.05, 0) is 36.8 Å². The lowest BCUT2D eigenvalue weighted by atomic mass is 10.1. The maximum absolute atomic E-state index is 13.1. The third kappa shape index (κ3) is 3.64. The van der Waals surface area contributed by atoms with Gasteiger partial charge in [0.2, 0.25) is 5.88 Å². The van der Waals surface area contributed by atoms with Crippen LogP contribution in [0.1, 0.15) is 5.56 Å². The van der Waals surface area contributed by atoms with Gasteiger partial charge in [-0.2, -0.15) is 0 Å². The number of benzene rings is 3. The van der Waals surface area contributed by atoms with Crippen LogP contribution in [0.2, 0.25) is 0 Å². The SMILES string of the molecule is Cc1ccc(S(=O)c2cc(-c3ccccc3)c(N(C)c3ccccc3)o2)cc1. The number of anilines is 2. The van der Waals surface area contributed by atoms with Gasteiger partial charge in [-0.1, -0.05) is 66.2 Å². The topological polar surface area (TPSA) is 33.5 Å². The largest absolute Gasteiger partial charge is 0.430 e. The summed E-state index contributed by atoms with van der Waals surface area (Å²) in [5, 5.41) is 0.445. The van der Waals surface area contributed by atoms with E-state index in [4.69, 9.17) is 4.42 Å². The van der Waals surface area contributed by atoms with Crippen LogP contribution in [0.5, 0.6) is 0 Å². The molecule has 140 valence electrons. The van der Waals surface area contributed by atoms with Crippen LogP contribution in [-0.4, -0.2) is 11.3 Å². The molecule has 0 aliphatic carbocycles. The Morgan fingerprint density at radius 1 is 0.821 bits per heavy atom. The highest BCUT2D eigenvalue weighted by Crippen LogP contribution is 2.38. The molecule has 1 atom stereocenters. The molecule has 1 heterocycles. The second kappa shape index (κ2) is 7.87. The van der Waals surface area contributed by atoms with Crippen LogP contribution >= 0.6 is 0 Å². The Kier molecular flexibility index (Phi) is 5.13. The van der Waals surface area contributed by atoms with Gasteiger partial charge in [0.25, 0.3) is 0 Å². The summed E-state index contributed by atoms with van der Waals surface area (Å²) in [4.78, 5) is 2.71. The number of para-hydroxylation sites is 1. The molecule has 3 nitrogen and oxygen atoms in total. The Morgan fingerprint density at radius 2 is 1.43 bits per heavy atom. The van der Waals surface area contributed by atoms with Crippen molar-refractivity contribution in [3.8, 4) is 11.1 Å². The number of hydrogen-bond donors (Lipinski definition) is 0. The summed E-state index contributed by atoms with van der Waals surface area (Å²) in [6.07, 6.45) is 0. The number of rotatable bonds is 5. The highest BCUT2D eigenvalue weighted by molar-refractivity contribution is 7.85. The van der Waals surface area contributed by atoms with Crippen LogP contribution in [0.3, 0.4) is 0 Å². The van der Waals surface area contributed by atoms with Crippen molar-refractivity contribution in [1.82, 2.24) is 0 Å². The van der Waals surface area contributed by atoms with Gasteiger partial charge in [-0.15, -0.1) is 0 Å². The molecule has 0 N–H and O–H groups in total. The van der Waals surface area contributed by atoms with Gasteiger partial charge in [-0.3, -0.25) is 0 Å². The summed E-state index contributed by atoms with van der Waals surface area (Å²) in [6.45, 7) is 2.01. The van der Waals surface area contributed by atoms with Crippen molar-refractivity contribution in [1.29, 1.82) is 0 Å². The Hall–Kier alpha value is -3.11. The minimum Gasteiger partial charge on any atom is -0.430 e. The molecule has 0 fully saturated rings. The second-order valence-electron chi connectivity index (χ2n) is 6.63. The van der Waals surface area contributed by atoms with Gasteiger partial charge in [0.1, 0.15) is 10.8 Å². The van der Waals surface area contributed by atoms with Crippen LogP contribution in [0.25, 0.3) is 11.1 Å². The molecule has 4 rings (SSSR count). The average Bonchev–Trinajstić information content (AvgIpc) is 3.20. The molecule has 0 aliphatic rings. The zero-order chi connectivity index (χ0) is 19.5. The number of furan rings is 1. The molecule has 0 bridgehead atoms. The summed E-state index contributed by atoms with van der Waals surface area (Å²) in [5.74, 6) is 0.674. The molecule has 0 amide bonds. The lowest BCUT2D eigenvalue weighted by molar-refractivity contribution is 0.471. The highest BCUT2D eigenvalue weighted by Gasteiger charge is 2.21. The maximum Gasteiger partial charge on any atom is 0.209 e. The van der Waals surface area contributed by atoms with E-state index in [-0.39, 0.29) is 0 Å². The first-order valence-electron chi connectivity index (χ1n) is 9.10. The predicted octanol–water partition coefficient (Wildman–Crippen LogP) is 6.19. The van der Waals surface area contributed by atoms with Gasteiger partial charge in [0.05, 0.1) is 0 Å². The van der Waals surface area contributed by atoms with Crippen molar-refractivity contribution in [2.24, 2.45) is 0 Å². The summed E-state index contributed by atoms with van der Waals surface area (Å²) in [7, 11) is 0.573. The monoisotopic (exact) mass is 387 g/mol. The minimum absolute atomic E-state index is 0.445. The first-order chi connectivity index (χ1) is 13.6. The van der Waals surface area contributed by atoms with E-state index in [1.807, 2.05) is 110 Å². The van der Waals surface area contributed by atoms with E-state index in [9.17, 15) is 4.21 Å². The minimum atomic E-state index is -1.38. The quantitative estimate of drug-likeness (QED) is 0.409. The fraction of sp³-hybridized carbons (Fsp3) is 0.0833. The van der Waals surface area contributed by atoms with Crippen molar-refractivity contribution in [2.75, 3.05) is 11.9 Å². The van der Waals surface area contributed by atoms with E-state index >= 15 is 0 Å². The number of aryl methyl sites for hydroxylation is 1. The average molecular weight is 388 g/mol. The Labute approximate surface area is 167 Å². The first kappa shape index (κ1) is 18.3. The molecule has 0 aliphatic heterocycles. The van der Waals surface area contributed by atoms with Crippen LogP contribution < -0.4 is 4.90 Å². The Balaban J connectivity index is 1.80. The van der Waals surface area contributed by atoms with Crippen molar-refractivity contribution < 1.29 is 8.63 Å². The van der Waals surface area contributed by atoms with Crippen LogP contribution in [0.15, 0.2) is 105 Å². The van der Waals surface area contributed by atoms with E-state index in [2.05, 4.69) is 0 Å². The molecule has 0 saturated heterocycles. The van der Waals surface area contributed by atoms with Gasteiger partial charge >= 0.3 is 0 Å². The molecule has 0 spiro atoms. The van der Waals surface area contributed by atoms with Gasteiger partial charge in [0, 0.05) is 29.3 Å². The fourth-order valence-electron chi connectivity index (χ4n) is 3.07. The fourth-order valence-corrected chi connectivity index (χ4v) is 4.07. The van der Waals surface area contributed by atoms with Crippen molar-refractivity contribution >= 4 is 22.4 Å². The summed E-state index contributed by atoms with van der Waals surface area (Å²) < 4.78 is 19.3. The van der Waals surface area contributed by atoms with Gasteiger partial charge in [0.15, 0.2) is 5.09 Å². The van der Waals surface area contributed by atoms with Crippen LogP contribution in [0, 0.1) is 6.92 Å². The molecular formula is C24H21NO2S.